The van der Waals surface area contributed by atoms with E-state index >= 15 is 0 Å². The predicted molar refractivity (Wildman–Crippen MR) is 117 cm³/mol. The van der Waals surface area contributed by atoms with Crippen LogP contribution in [0, 0.1) is 5.82 Å². The molecule has 1 N–H and O–H groups in total. The van der Waals surface area contributed by atoms with Crippen molar-refractivity contribution >= 4 is 18.1 Å². The lowest BCUT2D eigenvalue weighted by atomic mass is 9.98. The minimum absolute atomic E-state index is 0.212. The number of pyridine rings is 1. The third-order valence-corrected chi connectivity index (χ3v) is 4.82. The molecule has 0 atom stereocenters. The quantitative estimate of drug-likeness (QED) is 0.397. The van der Waals surface area contributed by atoms with Crippen LogP contribution in [0.15, 0.2) is 91.3 Å². The Hall–Kier alpha value is -4.05. The van der Waals surface area contributed by atoms with Crippen molar-refractivity contribution in [3.63, 3.8) is 0 Å². The zero-order valence-corrected chi connectivity index (χ0v) is 16.0. The molecular formula is C26H18FNO2. The molecule has 0 fully saturated rings. The lowest BCUT2D eigenvalue weighted by Crippen LogP contribution is -1.99. The van der Waals surface area contributed by atoms with Crippen LogP contribution in [0.1, 0.15) is 21.5 Å². The fourth-order valence-corrected chi connectivity index (χ4v) is 3.22. The van der Waals surface area contributed by atoms with E-state index in [9.17, 15) is 14.3 Å². The van der Waals surface area contributed by atoms with Gasteiger partial charge in [-0.05, 0) is 63.7 Å². The Bertz CT molecular complexity index is 1200. The Morgan fingerprint density at radius 1 is 0.800 bits per heavy atom. The Balaban J connectivity index is 1.64. The maximum atomic E-state index is 13.2. The van der Waals surface area contributed by atoms with Crippen LogP contribution >= 0.6 is 0 Å². The summed E-state index contributed by atoms with van der Waals surface area (Å²) in [5.74, 6) is -1.30. The average molecular weight is 395 g/mol. The third kappa shape index (κ3) is 4.33. The van der Waals surface area contributed by atoms with E-state index in [0.717, 1.165) is 27.8 Å². The SMILES string of the molecule is O=C(O)c1ccc(-c2ccc(F)cc2)cc1/C=C/c1ccc(-c2cccnc2)cc1. The Kier molecular flexibility index (Phi) is 5.48. The molecule has 0 saturated carbocycles. The monoisotopic (exact) mass is 395 g/mol. The molecule has 0 bridgehead atoms. The van der Waals surface area contributed by atoms with Gasteiger partial charge in [0, 0.05) is 12.4 Å². The van der Waals surface area contributed by atoms with Crippen molar-refractivity contribution in [3.05, 3.63) is 114 Å². The first kappa shape index (κ1) is 19.3. The number of carbonyl (C=O) groups is 1. The van der Waals surface area contributed by atoms with E-state index < -0.39 is 5.97 Å². The molecule has 0 aliphatic carbocycles. The van der Waals surface area contributed by atoms with Crippen molar-refractivity contribution in [1.29, 1.82) is 0 Å². The van der Waals surface area contributed by atoms with Crippen LogP contribution in [-0.2, 0) is 0 Å². The lowest BCUT2D eigenvalue weighted by molar-refractivity contribution is 0.0696. The van der Waals surface area contributed by atoms with Gasteiger partial charge in [0.15, 0.2) is 0 Å². The minimum Gasteiger partial charge on any atom is -0.478 e. The summed E-state index contributed by atoms with van der Waals surface area (Å²) < 4.78 is 13.2. The highest BCUT2D eigenvalue weighted by Crippen LogP contribution is 2.25. The highest BCUT2D eigenvalue weighted by Gasteiger charge is 2.10. The third-order valence-electron chi connectivity index (χ3n) is 4.82. The molecule has 0 unspecified atom stereocenters. The minimum atomic E-state index is -0.993. The van der Waals surface area contributed by atoms with Crippen molar-refractivity contribution in [2.24, 2.45) is 0 Å². The number of benzene rings is 3. The standard InChI is InChI=1S/C26H18FNO2/c27-24-12-9-19(10-13-24)21-11-14-25(26(29)30)22(16-21)8-5-18-3-6-20(7-4-18)23-2-1-15-28-17-23/h1-17H,(H,29,30)/b8-5+. The van der Waals surface area contributed by atoms with Crippen LogP contribution in [0.5, 0.6) is 0 Å². The van der Waals surface area contributed by atoms with Crippen molar-refractivity contribution in [2.45, 2.75) is 0 Å². The number of hydrogen-bond acceptors (Lipinski definition) is 2. The predicted octanol–water partition coefficient (Wildman–Crippen LogP) is 6.42. The van der Waals surface area contributed by atoms with Gasteiger partial charge in [0.25, 0.3) is 0 Å². The first-order valence-electron chi connectivity index (χ1n) is 9.42. The molecule has 146 valence electrons. The number of aromatic carboxylic acids is 1. The molecule has 0 spiro atoms. The van der Waals surface area contributed by atoms with Crippen molar-refractivity contribution in [2.75, 3.05) is 0 Å². The van der Waals surface area contributed by atoms with Crippen LogP contribution in [0.25, 0.3) is 34.4 Å². The van der Waals surface area contributed by atoms with E-state index in [-0.39, 0.29) is 11.4 Å². The normalized spacial score (nSPS) is 11.0. The summed E-state index contributed by atoms with van der Waals surface area (Å²) in [6.45, 7) is 0. The molecule has 0 amide bonds. The van der Waals surface area contributed by atoms with E-state index in [1.807, 2.05) is 48.7 Å². The van der Waals surface area contributed by atoms with E-state index in [4.69, 9.17) is 0 Å². The summed E-state index contributed by atoms with van der Waals surface area (Å²) in [6, 6.07) is 23.1. The largest absolute Gasteiger partial charge is 0.478 e. The molecule has 30 heavy (non-hydrogen) atoms. The van der Waals surface area contributed by atoms with E-state index in [1.165, 1.54) is 12.1 Å². The summed E-state index contributed by atoms with van der Waals surface area (Å²) in [6.07, 6.45) is 7.21. The molecule has 4 aromatic rings. The summed E-state index contributed by atoms with van der Waals surface area (Å²) in [4.78, 5) is 15.8. The number of rotatable bonds is 5. The molecule has 1 heterocycles. The number of carboxylic acid groups (broad SMARTS) is 1. The van der Waals surface area contributed by atoms with Gasteiger partial charge in [-0.2, -0.15) is 0 Å². The van der Waals surface area contributed by atoms with Crippen molar-refractivity contribution in [3.8, 4) is 22.3 Å². The summed E-state index contributed by atoms with van der Waals surface area (Å²) in [5, 5.41) is 9.53. The highest BCUT2D eigenvalue weighted by atomic mass is 19.1. The van der Waals surface area contributed by atoms with Gasteiger partial charge in [-0.1, -0.05) is 60.7 Å². The van der Waals surface area contributed by atoms with Gasteiger partial charge in [0.1, 0.15) is 5.82 Å². The van der Waals surface area contributed by atoms with E-state index in [1.54, 1.807) is 42.6 Å². The van der Waals surface area contributed by atoms with Crippen LogP contribution in [0.2, 0.25) is 0 Å². The van der Waals surface area contributed by atoms with Crippen LogP contribution < -0.4 is 0 Å². The highest BCUT2D eigenvalue weighted by molar-refractivity contribution is 5.94. The van der Waals surface area contributed by atoms with Crippen LogP contribution in [0.3, 0.4) is 0 Å². The van der Waals surface area contributed by atoms with E-state index in [0.29, 0.717) is 5.56 Å². The van der Waals surface area contributed by atoms with Gasteiger partial charge in [-0.15, -0.1) is 0 Å². The molecule has 3 nitrogen and oxygen atoms in total. The maximum absolute atomic E-state index is 13.2. The fraction of sp³-hybridized carbons (Fsp3) is 0. The Morgan fingerprint density at radius 2 is 1.47 bits per heavy atom. The summed E-state index contributed by atoms with van der Waals surface area (Å²) in [7, 11) is 0. The summed E-state index contributed by atoms with van der Waals surface area (Å²) >= 11 is 0. The van der Waals surface area contributed by atoms with Gasteiger partial charge in [-0.25, -0.2) is 9.18 Å². The Labute approximate surface area is 173 Å². The van der Waals surface area contributed by atoms with Gasteiger partial charge in [-0.3, -0.25) is 4.98 Å². The van der Waals surface area contributed by atoms with Crippen LogP contribution in [-0.4, -0.2) is 16.1 Å². The molecule has 3 aromatic carbocycles. The van der Waals surface area contributed by atoms with Gasteiger partial charge >= 0.3 is 5.97 Å². The zero-order chi connectivity index (χ0) is 20.9. The number of carboxylic acids is 1. The molecule has 0 aliphatic rings. The summed E-state index contributed by atoms with van der Waals surface area (Å²) in [5.41, 5.74) is 5.49. The van der Waals surface area contributed by atoms with E-state index in [2.05, 4.69) is 4.98 Å². The first-order chi connectivity index (χ1) is 14.6. The topological polar surface area (TPSA) is 50.2 Å². The molecule has 0 radical (unpaired) electrons. The second-order valence-corrected chi connectivity index (χ2v) is 6.81. The van der Waals surface area contributed by atoms with Gasteiger partial charge < -0.3 is 5.11 Å². The number of nitrogens with zero attached hydrogens (tertiary/aromatic N) is 1. The molecular weight excluding hydrogens is 377 g/mol. The smallest absolute Gasteiger partial charge is 0.336 e. The molecule has 4 rings (SSSR count). The van der Waals surface area contributed by atoms with Crippen molar-refractivity contribution in [1.82, 2.24) is 4.98 Å². The Morgan fingerprint density at radius 3 is 2.13 bits per heavy atom. The van der Waals surface area contributed by atoms with Crippen molar-refractivity contribution < 1.29 is 14.3 Å². The second-order valence-electron chi connectivity index (χ2n) is 6.81. The fourth-order valence-electron chi connectivity index (χ4n) is 3.22. The van der Waals surface area contributed by atoms with Crippen LogP contribution in [0.4, 0.5) is 4.39 Å². The second kappa shape index (κ2) is 8.53. The average Bonchev–Trinajstić information content (AvgIpc) is 2.79. The first-order valence-corrected chi connectivity index (χ1v) is 9.42. The molecule has 1 aromatic heterocycles. The van der Waals surface area contributed by atoms with Gasteiger partial charge in [0.2, 0.25) is 0 Å². The van der Waals surface area contributed by atoms with Gasteiger partial charge in [0.05, 0.1) is 5.56 Å². The lowest BCUT2D eigenvalue weighted by Gasteiger charge is -2.07. The maximum Gasteiger partial charge on any atom is 0.336 e. The number of aromatic nitrogens is 1. The molecule has 0 saturated heterocycles. The molecule has 0 aliphatic heterocycles. The number of hydrogen-bond donors (Lipinski definition) is 1. The zero-order valence-electron chi connectivity index (χ0n) is 16.0. The molecule has 4 heteroatoms. The number of halogens is 1.